The summed E-state index contributed by atoms with van der Waals surface area (Å²) in [4.78, 5) is 24.8. The van der Waals surface area contributed by atoms with Crippen molar-refractivity contribution in [2.75, 3.05) is 13.1 Å². The summed E-state index contributed by atoms with van der Waals surface area (Å²) in [7, 11) is 0. The second kappa shape index (κ2) is 7.31. The Kier molecular flexibility index (Phi) is 4.85. The highest BCUT2D eigenvalue weighted by Gasteiger charge is 2.26. The van der Waals surface area contributed by atoms with Crippen molar-refractivity contribution < 1.29 is 14.6 Å². The van der Waals surface area contributed by atoms with Crippen LogP contribution < -0.4 is 4.74 Å². The first-order valence-corrected chi connectivity index (χ1v) is 9.56. The highest BCUT2D eigenvalue weighted by molar-refractivity contribution is 6.31. The minimum atomic E-state index is -0.913. The minimum absolute atomic E-state index is 0.207. The normalized spacial score (nSPS) is 17.1. The Hall–Kier alpha value is -2.80. The molecule has 2 N–H and O–H groups in total. The number of fused-ring (bicyclic) bond motifs is 1. The lowest BCUT2D eigenvalue weighted by Gasteiger charge is -2.32. The summed E-state index contributed by atoms with van der Waals surface area (Å²) in [5.74, 6) is 1.48. The number of benzene rings is 1. The maximum absolute atomic E-state index is 11.3. The molecule has 3 heterocycles. The number of aromatic nitrogens is 3. The predicted molar refractivity (Wildman–Crippen MR) is 107 cm³/mol. The first-order chi connectivity index (χ1) is 13.4. The van der Waals surface area contributed by atoms with Crippen molar-refractivity contribution in [3.8, 4) is 16.9 Å². The van der Waals surface area contributed by atoms with Crippen molar-refractivity contribution >= 4 is 28.9 Å². The van der Waals surface area contributed by atoms with E-state index in [0.717, 1.165) is 40.9 Å². The summed E-state index contributed by atoms with van der Waals surface area (Å²) in [5.41, 5.74) is 4.06. The topological polar surface area (TPSA) is 91.3 Å². The largest absolute Gasteiger partial charge is 0.488 e. The van der Waals surface area contributed by atoms with Crippen LogP contribution >= 0.6 is 11.6 Å². The Morgan fingerprint density at radius 2 is 2.18 bits per heavy atom. The molecule has 2 aromatic heterocycles. The van der Waals surface area contributed by atoms with Gasteiger partial charge >= 0.3 is 6.09 Å². The summed E-state index contributed by atoms with van der Waals surface area (Å²) in [6.45, 7) is 4.72. The summed E-state index contributed by atoms with van der Waals surface area (Å²) >= 11 is 6.35. The number of nitrogens with zero attached hydrogens (tertiary/aromatic N) is 3. The van der Waals surface area contributed by atoms with Gasteiger partial charge < -0.3 is 19.7 Å². The molecule has 0 radical (unpaired) electrons. The number of rotatable bonds is 3. The number of pyridine rings is 1. The molecule has 7 nitrogen and oxygen atoms in total. The van der Waals surface area contributed by atoms with Gasteiger partial charge in [-0.2, -0.15) is 0 Å². The zero-order valence-electron chi connectivity index (χ0n) is 15.7. The van der Waals surface area contributed by atoms with Crippen LogP contribution in [0.4, 0.5) is 4.79 Å². The van der Waals surface area contributed by atoms with Crippen molar-refractivity contribution in [2.24, 2.45) is 0 Å². The lowest BCUT2D eigenvalue weighted by Crippen LogP contribution is -2.43. The molecule has 1 aromatic carbocycles. The third-order valence-electron chi connectivity index (χ3n) is 4.97. The fourth-order valence-electron chi connectivity index (χ4n) is 3.70. The zero-order chi connectivity index (χ0) is 19.8. The van der Waals surface area contributed by atoms with Crippen LogP contribution in [0, 0.1) is 13.8 Å². The average molecular weight is 401 g/mol. The number of amides is 1. The quantitative estimate of drug-likeness (QED) is 0.679. The van der Waals surface area contributed by atoms with Crippen LogP contribution in [0.1, 0.15) is 24.2 Å². The molecule has 1 unspecified atom stereocenters. The lowest BCUT2D eigenvalue weighted by atomic mass is 10.0. The van der Waals surface area contributed by atoms with Gasteiger partial charge in [-0.1, -0.05) is 11.6 Å². The molecule has 1 fully saturated rings. The van der Waals surface area contributed by atoms with E-state index in [1.807, 2.05) is 32.0 Å². The molecule has 4 rings (SSSR count). The van der Waals surface area contributed by atoms with E-state index < -0.39 is 6.09 Å². The maximum Gasteiger partial charge on any atom is 0.407 e. The average Bonchev–Trinajstić information content (AvgIpc) is 3.04. The standard InChI is InChI=1S/C20H21ClN4O3/c1-11-8-13(21)9-16(15-5-6-22-19-17(15)23-12(2)24-19)18(11)28-14-4-3-7-25(10-14)20(26)27/h5-6,8-9,14H,3-4,7,10H2,1-2H3,(H,26,27)(H,22,23,24). The Bertz CT molecular complexity index is 1050. The number of H-pyrrole nitrogens is 1. The number of piperidine rings is 1. The van der Waals surface area contributed by atoms with E-state index in [1.54, 1.807) is 6.20 Å². The van der Waals surface area contributed by atoms with Crippen molar-refractivity contribution in [3.05, 3.63) is 40.8 Å². The Morgan fingerprint density at radius 1 is 1.36 bits per heavy atom. The summed E-state index contributed by atoms with van der Waals surface area (Å²) < 4.78 is 6.34. The van der Waals surface area contributed by atoms with Crippen molar-refractivity contribution in [2.45, 2.75) is 32.8 Å². The van der Waals surface area contributed by atoms with Crippen LogP contribution in [0.5, 0.6) is 5.75 Å². The van der Waals surface area contributed by atoms with Gasteiger partial charge in [0.1, 0.15) is 23.2 Å². The van der Waals surface area contributed by atoms with Gasteiger partial charge in [0, 0.05) is 28.9 Å². The van der Waals surface area contributed by atoms with Crippen LogP contribution in [0.2, 0.25) is 5.02 Å². The highest BCUT2D eigenvalue weighted by atomic mass is 35.5. The van der Waals surface area contributed by atoms with E-state index in [2.05, 4.69) is 15.0 Å². The van der Waals surface area contributed by atoms with Gasteiger partial charge in [0.05, 0.1) is 6.54 Å². The zero-order valence-corrected chi connectivity index (χ0v) is 16.5. The van der Waals surface area contributed by atoms with Crippen LogP contribution in [0.15, 0.2) is 24.4 Å². The number of carboxylic acid groups (broad SMARTS) is 1. The number of hydrogen-bond acceptors (Lipinski definition) is 4. The molecule has 146 valence electrons. The molecule has 3 aromatic rings. The number of hydrogen-bond donors (Lipinski definition) is 2. The molecule has 0 aliphatic carbocycles. The SMILES string of the molecule is Cc1nc2c(-c3cc(Cl)cc(C)c3OC3CCCN(C(=O)O)C3)ccnc2[nH]1. The molecule has 0 bridgehead atoms. The molecule has 1 saturated heterocycles. The summed E-state index contributed by atoms with van der Waals surface area (Å²) in [6.07, 6.45) is 2.18. The number of aromatic amines is 1. The first kappa shape index (κ1) is 18.6. The second-order valence-electron chi connectivity index (χ2n) is 7.09. The summed E-state index contributed by atoms with van der Waals surface area (Å²) in [6, 6.07) is 5.61. The van der Waals surface area contributed by atoms with Crippen LogP contribution in [0.25, 0.3) is 22.3 Å². The van der Waals surface area contributed by atoms with E-state index >= 15 is 0 Å². The number of carbonyl (C=O) groups is 1. The number of nitrogens with one attached hydrogen (secondary N) is 1. The van der Waals surface area contributed by atoms with Crippen LogP contribution in [-0.2, 0) is 0 Å². The fourth-order valence-corrected chi connectivity index (χ4v) is 3.98. The van der Waals surface area contributed by atoms with Crippen molar-refractivity contribution in [1.29, 1.82) is 0 Å². The highest BCUT2D eigenvalue weighted by Crippen LogP contribution is 2.39. The van der Waals surface area contributed by atoms with E-state index in [1.165, 1.54) is 4.90 Å². The van der Waals surface area contributed by atoms with Gasteiger partial charge in [0.2, 0.25) is 0 Å². The van der Waals surface area contributed by atoms with Gasteiger partial charge in [0.25, 0.3) is 0 Å². The fraction of sp³-hybridized carbons (Fsp3) is 0.350. The molecule has 28 heavy (non-hydrogen) atoms. The van der Waals surface area contributed by atoms with Gasteiger partial charge in [-0.25, -0.2) is 14.8 Å². The molecule has 0 saturated carbocycles. The number of halogens is 1. The number of likely N-dealkylation sites (tertiary alicyclic amines) is 1. The Morgan fingerprint density at radius 3 is 2.96 bits per heavy atom. The van der Waals surface area contributed by atoms with Gasteiger partial charge in [-0.3, -0.25) is 0 Å². The van der Waals surface area contributed by atoms with Gasteiger partial charge in [-0.15, -0.1) is 0 Å². The molecule has 0 spiro atoms. The van der Waals surface area contributed by atoms with Crippen molar-refractivity contribution in [1.82, 2.24) is 19.9 Å². The van der Waals surface area contributed by atoms with Gasteiger partial charge in [0.15, 0.2) is 5.65 Å². The minimum Gasteiger partial charge on any atom is -0.488 e. The number of aryl methyl sites for hydroxylation is 2. The van der Waals surface area contributed by atoms with Gasteiger partial charge in [-0.05, 0) is 50.5 Å². The maximum atomic E-state index is 11.3. The second-order valence-corrected chi connectivity index (χ2v) is 7.52. The lowest BCUT2D eigenvalue weighted by molar-refractivity contribution is 0.0791. The van der Waals surface area contributed by atoms with E-state index in [-0.39, 0.29) is 6.10 Å². The van der Waals surface area contributed by atoms with Crippen LogP contribution in [-0.4, -0.2) is 50.2 Å². The van der Waals surface area contributed by atoms with Crippen LogP contribution in [0.3, 0.4) is 0 Å². The predicted octanol–water partition coefficient (Wildman–Crippen LogP) is 4.42. The number of imidazole rings is 1. The van der Waals surface area contributed by atoms with E-state index in [0.29, 0.717) is 29.5 Å². The Balaban J connectivity index is 1.77. The smallest absolute Gasteiger partial charge is 0.407 e. The molecular formula is C20H21ClN4O3. The molecular weight excluding hydrogens is 380 g/mol. The van der Waals surface area contributed by atoms with E-state index in [9.17, 15) is 9.90 Å². The molecule has 1 aliphatic rings. The number of ether oxygens (including phenoxy) is 1. The first-order valence-electron chi connectivity index (χ1n) is 9.18. The van der Waals surface area contributed by atoms with E-state index in [4.69, 9.17) is 16.3 Å². The summed E-state index contributed by atoms with van der Waals surface area (Å²) in [5, 5.41) is 9.91. The Labute approximate surface area is 167 Å². The molecule has 8 heteroatoms. The monoisotopic (exact) mass is 400 g/mol. The third-order valence-corrected chi connectivity index (χ3v) is 5.18. The molecule has 1 atom stereocenters. The third kappa shape index (κ3) is 3.49. The molecule has 1 aliphatic heterocycles. The van der Waals surface area contributed by atoms with Crippen molar-refractivity contribution in [3.63, 3.8) is 0 Å². The molecule has 1 amide bonds.